The van der Waals surface area contributed by atoms with E-state index in [9.17, 15) is 9.59 Å². The molecular weight excluding hydrogens is 244 g/mol. The van der Waals surface area contributed by atoms with Crippen LogP contribution in [0.25, 0.3) is 6.08 Å². The van der Waals surface area contributed by atoms with Crippen molar-refractivity contribution in [2.45, 2.75) is 33.5 Å². The van der Waals surface area contributed by atoms with Crippen LogP contribution in [0.1, 0.15) is 43.6 Å². The molecule has 0 spiro atoms. The summed E-state index contributed by atoms with van der Waals surface area (Å²) in [5.74, 6) is -0.700. The van der Waals surface area contributed by atoms with Crippen LogP contribution >= 0.6 is 0 Å². The standard InChI is InChI=1S/C15H18O4/c1-5-13-6-7-14(9-18-11(3)16)15(8-13)10(2)19-12(4)17/h5-8,10H,1,9H2,2-4H3. The molecule has 0 heterocycles. The number of esters is 2. The number of carbonyl (C=O) groups is 2. The van der Waals surface area contributed by atoms with Crippen LogP contribution in [0, 0.1) is 0 Å². The Bertz CT molecular complexity index is 491. The fraction of sp³-hybridized carbons (Fsp3) is 0.333. The molecule has 0 aromatic heterocycles. The molecule has 0 bridgehead atoms. The molecule has 0 fully saturated rings. The molecule has 0 aliphatic carbocycles. The lowest BCUT2D eigenvalue weighted by Crippen LogP contribution is -2.09. The van der Waals surface area contributed by atoms with Crippen molar-refractivity contribution in [3.8, 4) is 0 Å². The van der Waals surface area contributed by atoms with Gasteiger partial charge < -0.3 is 9.47 Å². The predicted octanol–water partition coefficient (Wildman–Crippen LogP) is 3.02. The molecule has 1 aromatic carbocycles. The van der Waals surface area contributed by atoms with Crippen LogP contribution in [0.4, 0.5) is 0 Å². The lowest BCUT2D eigenvalue weighted by molar-refractivity contribution is -0.146. The quantitative estimate of drug-likeness (QED) is 0.765. The van der Waals surface area contributed by atoms with Crippen molar-refractivity contribution in [1.29, 1.82) is 0 Å². The summed E-state index contributed by atoms with van der Waals surface area (Å²) in [4.78, 5) is 21.9. The second-order valence-corrected chi connectivity index (χ2v) is 4.19. The van der Waals surface area contributed by atoms with Crippen molar-refractivity contribution in [2.24, 2.45) is 0 Å². The summed E-state index contributed by atoms with van der Waals surface area (Å²) in [6.45, 7) is 8.36. The van der Waals surface area contributed by atoms with Crippen molar-refractivity contribution < 1.29 is 19.1 Å². The maximum atomic E-state index is 11.0. The van der Waals surface area contributed by atoms with E-state index in [1.165, 1.54) is 13.8 Å². The van der Waals surface area contributed by atoms with Crippen molar-refractivity contribution >= 4 is 18.0 Å². The summed E-state index contributed by atoms with van der Waals surface area (Å²) in [5.41, 5.74) is 2.55. The van der Waals surface area contributed by atoms with Crippen LogP contribution in [0.3, 0.4) is 0 Å². The first kappa shape index (κ1) is 15.0. The molecule has 0 radical (unpaired) electrons. The van der Waals surface area contributed by atoms with E-state index < -0.39 is 6.10 Å². The number of carbonyl (C=O) groups excluding carboxylic acids is 2. The van der Waals surface area contributed by atoms with Gasteiger partial charge in [-0.2, -0.15) is 0 Å². The van der Waals surface area contributed by atoms with Gasteiger partial charge in [0.1, 0.15) is 12.7 Å². The van der Waals surface area contributed by atoms with Gasteiger partial charge in [-0.05, 0) is 29.7 Å². The van der Waals surface area contributed by atoms with E-state index in [-0.39, 0.29) is 18.5 Å². The van der Waals surface area contributed by atoms with Crippen LogP contribution in [-0.4, -0.2) is 11.9 Å². The second-order valence-electron chi connectivity index (χ2n) is 4.19. The summed E-state index contributed by atoms with van der Waals surface area (Å²) in [6.07, 6.45) is 1.31. The first-order valence-electron chi connectivity index (χ1n) is 6.00. The van der Waals surface area contributed by atoms with Crippen molar-refractivity contribution in [3.05, 3.63) is 41.5 Å². The third-order valence-corrected chi connectivity index (χ3v) is 2.62. The fourth-order valence-electron chi connectivity index (χ4n) is 1.74. The maximum Gasteiger partial charge on any atom is 0.303 e. The third-order valence-electron chi connectivity index (χ3n) is 2.62. The highest BCUT2D eigenvalue weighted by Crippen LogP contribution is 2.24. The Balaban J connectivity index is 3.04. The van der Waals surface area contributed by atoms with Gasteiger partial charge in [-0.25, -0.2) is 0 Å². The predicted molar refractivity (Wildman–Crippen MR) is 72.2 cm³/mol. The molecule has 0 aliphatic rings. The highest BCUT2D eigenvalue weighted by molar-refractivity contribution is 5.67. The molecule has 0 saturated heterocycles. The highest BCUT2D eigenvalue weighted by Gasteiger charge is 2.14. The molecule has 1 unspecified atom stereocenters. The number of rotatable bonds is 5. The molecule has 1 rings (SSSR count). The number of benzene rings is 1. The molecule has 1 atom stereocenters. The first-order valence-corrected chi connectivity index (χ1v) is 6.00. The van der Waals surface area contributed by atoms with Gasteiger partial charge in [-0.15, -0.1) is 0 Å². The van der Waals surface area contributed by atoms with Crippen LogP contribution < -0.4 is 0 Å². The largest absolute Gasteiger partial charge is 0.461 e. The number of ether oxygens (including phenoxy) is 2. The molecule has 4 nitrogen and oxygen atoms in total. The first-order chi connectivity index (χ1) is 8.93. The zero-order valence-corrected chi connectivity index (χ0v) is 11.4. The van der Waals surface area contributed by atoms with E-state index in [0.717, 1.165) is 16.7 Å². The smallest absolute Gasteiger partial charge is 0.303 e. The average Bonchev–Trinajstić information content (AvgIpc) is 2.35. The van der Waals surface area contributed by atoms with Crippen molar-refractivity contribution in [3.63, 3.8) is 0 Å². The summed E-state index contributed by atoms with van der Waals surface area (Å²) >= 11 is 0. The lowest BCUT2D eigenvalue weighted by Gasteiger charge is -2.17. The van der Waals surface area contributed by atoms with Gasteiger partial charge >= 0.3 is 11.9 Å². The van der Waals surface area contributed by atoms with E-state index in [0.29, 0.717) is 0 Å². The lowest BCUT2D eigenvalue weighted by atomic mass is 10.0. The van der Waals surface area contributed by atoms with E-state index in [2.05, 4.69) is 6.58 Å². The molecule has 0 N–H and O–H groups in total. The van der Waals surface area contributed by atoms with Crippen LogP contribution in [0.2, 0.25) is 0 Å². The van der Waals surface area contributed by atoms with Crippen LogP contribution in [0.15, 0.2) is 24.8 Å². The molecular formula is C15H18O4. The zero-order valence-electron chi connectivity index (χ0n) is 11.4. The highest BCUT2D eigenvalue weighted by atomic mass is 16.5. The van der Waals surface area contributed by atoms with E-state index in [1.807, 2.05) is 18.2 Å². The van der Waals surface area contributed by atoms with Crippen molar-refractivity contribution in [1.82, 2.24) is 0 Å². The molecule has 0 aliphatic heterocycles. The summed E-state index contributed by atoms with van der Waals surface area (Å²) in [5, 5.41) is 0. The monoisotopic (exact) mass is 262 g/mol. The number of hydrogen-bond donors (Lipinski definition) is 0. The Hall–Kier alpha value is -2.10. The Morgan fingerprint density at radius 1 is 1.32 bits per heavy atom. The minimum absolute atomic E-state index is 0.160. The van der Waals surface area contributed by atoms with Crippen molar-refractivity contribution in [2.75, 3.05) is 0 Å². The molecule has 19 heavy (non-hydrogen) atoms. The topological polar surface area (TPSA) is 52.6 Å². The normalized spacial score (nSPS) is 11.5. The van der Waals surface area contributed by atoms with Gasteiger partial charge in [0.15, 0.2) is 0 Å². The minimum atomic E-state index is -0.400. The van der Waals surface area contributed by atoms with E-state index in [1.54, 1.807) is 13.0 Å². The molecule has 0 amide bonds. The van der Waals surface area contributed by atoms with Crippen LogP contribution in [0.5, 0.6) is 0 Å². The van der Waals surface area contributed by atoms with Crippen LogP contribution in [-0.2, 0) is 25.7 Å². The van der Waals surface area contributed by atoms with Gasteiger partial charge in [-0.3, -0.25) is 9.59 Å². The Labute approximate surface area is 113 Å². The van der Waals surface area contributed by atoms with Gasteiger partial charge in [-0.1, -0.05) is 24.8 Å². The molecule has 102 valence electrons. The van der Waals surface area contributed by atoms with Gasteiger partial charge in [0.05, 0.1) is 0 Å². The Kier molecular flexibility index (Phi) is 5.30. The third kappa shape index (κ3) is 4.58. The Morgan fingerprint density at radius 2 is 2.00 bits per heavy atom. The van der Waals surface area contributed by atoms with E-state index >= 15 is 0 Å². The minimum Gasteiger partial charge on any atom is -0.461 e. The Morgan fingerprint density at radius 3 is 2.53 bits per heavy atom. The molecule has 0 saturated carbocycles. The van der Waals surface area contributed by atoms with Gasteiger partial charge in [0.25, 0.3) is 0 Å². The van der Waals surface area contributed by atoms with Gasteiger partial charge in [0, 0.05) is 13.8 Å². The summed E-state index contributed by atoms with van der Waals surface area (Å²) in [7, 11) is 0. The average molecular weight is 262 g/mol. The fourth-order valence-corrected chi connectivity index (χ4v) is 1.74. The second kappa shape index (κ2) is 6.73. The maximum absolute atomic E-state index is 11.0. The molecule has 4 heteroatoms. The molecule has 1 aromatic rings. The van der Waals surface area contributed by atoms with E-state index in [4.69, 9.17) is 9.47 Å². The zero-order chi connectivity index (χ0) is 14.4. The van der Waals surface area contributed by atoms with Gasteiger partial charge in [0.2, 0.25) is 0 Å². The summed E-state index contributed by atoms with van der Waals surface area (Å²) in [6, 6.07) is 5.59. The summed E-state index contributed by atoms with van der Waals surface area (Å²) < 4.78 is 10.2. The SMILES string of the molecule is C=Cc1ccc(COC(C)=O)c(C(C)OC(C)=O)c1. The number of hydrogen-bond acceptors (Lipinski definition) is 4.